The fraction of sp³-hybridized carbons (Fsp3) is 0.158. The van der Waals surface area contributed by atoms with Crippen molar-refractivity contribution in [3.05, 3.63) is 65.7 Å². The molecule has 1 amide bonds. The third-order valence-corrected chi connectivity index (χ3v) is 3.99. The summed E-state index contributed by atoms with van der Waals surface area (Å²) in [6, 6.07) is 13.3. The molecular formula is C19H16N2O4. The van der Waals surface area contributed by atoms with Crippen LogP contribution in [0.15, 0.2) is 53.3 Å². The van der Waals surface area contributed by atoms with Crippen LogP contribution >= 0.6 is 0 Å². The first-order valence-electron chi connectivity index (χ1n) is 7.88. The van der Waals surface area contributed by atoms with E-state index in [4.69, 9.17) is 13.9 Å². The predicted molar refractivity (Wildman–Crippen MR) is 90.4 cm³/mol. The summed E-state index contributed by atoms with van der Waals surface area (Å²) in [5, 5.41) is 2.86. The molecule has 1 aromatic heterocycles. The highest BCUT2D eigenvalue weighted by molar-refractivity contribution is 5.97. The smallest absolute Gasteiger partial charge is 0.274 e. The van der Waals surface area contributed by atoms with Crippen LogP contribution in [0, 0.1) is 6.92 Å². The number of carbonyl (C=O) groups excluding carboxylic acids is 1. The minimum Gasteiger partial charge on any atom is -0.454 e. The number of nitrogens with zero attached hydrogens (tertiary/aromatic N) is 1. The quantitative estimate of drug-likeness (QED) is 0.791. The van der Waals surface area contributed by atoms with Crippen molar-refractivity contribution in [3.8, 4) is 22.8 Å². The van der Waals surface area contributed by atoms with E-state index in [-0.39, 0.29) is 18.4 Å². The number of nitrogens with one attached hydrogen (secondary N) is 1. The molecular weight excluding hydrogens is 320 g/mol. The maximum Gasteiger partial charge on any atom is 0.274 e. The average Bonchev–Trinajstić information content (AvgIpc) is 3.29. The molecule has 4 rings (SSSR count). The molecule has 1 aliphatic rings. The molecule has 1 aliphatic heterocycles. The average molecular weight is 336 g/mol. The first kappa shape index (κ1) is 15.3. The molecule has 0 bridgehead atoms. The van der Waals surface area contributed by atoms with Crippen molar-refractivity contribution in [2.75, 3.05) is 6.79 Å². The van der Waals surface area contributed by atoms with Gasteiger partial charge in [0, 0.05) is 12.1 Å². The van der Waals surface area contributed by atoms with Crippen molar-refractivity contribution < 1.29 is 18.7 Å². The van der Waals surface area contributed by atoms with E-state index in [0.29, 0.717) is 23.8 Å². The summed E-state index contributed by atoms with van der Waals surface area (Å²) < 4.78 is 16.0. The number of fused-ring (bicyclic) bond motifs is 1. The van der Waals surface area contributed by atoms with Crippen LogP contribution in [0.5, 0.6) is 11.5 Å². The fourth-order valence-electron chi connectivity index (χ4n) is 2.63. The first-order valence-corrected chi connectivity index (χ1v) is 7.88. The zero-order chi connectivity index (χ0) is 17.2. The van der Waals surface area contributed by atoms with E-state index in [1.807, 2.05) is 49.4 Å². The van der Waals surface area contributed by atoms with E-state index < -0.39 is 0 Å². The van der Waals surface area contributed by atoms with Gasteiger partial charge in [0.15, 0.2) is 29.3 Å². The number of hydrogen-bond donors (Lipinski definition) is 1. The van der Waals surface area contributed by atoms with Crippen molar-refractivity contribution in [3.63, 3.8) is 0 Å². The number of hydrogen-bond acceptors (Lipinski definition) is 5. The Labute approximate surface area is 144 Å². The van der Waals surface area contributed by atoms with Crippen molar-refractivity contribution in [2.45, 2.75) is 13.5 Å². The topological polar surface area (TPSA) is 73.6 Å². The van der Waals surface area contributed by atoms with E-state index >= 15 is 0 Å². The van der Waals surface area contributed by atoms with E-state index in [9.17, 15) is 4.79 Å². The molecule has 0 saturated heterocycles. The van der Waals surface area contributed by atoms with Crippen LogP contribution in [0.2, 0.25) is 0 Å². The standard InChI is InChI=1S/C19H16N2O4/c1-12-2-5-14(6-3-12)18-17(21-10-23-18)19(22)20-9-13-4-7-15-16(8-13)25-11-24-15/h2-8,10H,9,11H2,1H3,(H,20,22). The number of aryl methyl sites for hydroxylation is 1. The highest BCUT2D eigenvalue weighted by Crippen LogP contribution is 2.32. The van der Waals surface area contributed by atoms with Gasteiger partial charge < -0.3 is 19.2 Å². The van der Waals surface area contributed by atoms with Crippen LogP contribution in [0.1, 0.15) is 21.6 Å². The summed E-state index contributed by atoms with van der Waals surface area (Å²) >= 11 is 0. The molecule has 0 saturated carbocycles. The van der Waals surface area contributed by atoms with Gasteiger partial charge in [-0.25, -0.2) is 4.98 Å². The molecule has 0 aliphatic carbocycles. The minimum atomic E-state index is -0.290. The maximum atomic E-state index is 12.5. The second-order valence-corrected chi connectivity index (χ2v) is 5.77. The highest BCUT2D eigenvalue weighted by atomic mass is 16.7. The Morgan fingerprint density at radius 2 is 1.92 bits per heavy atom. The van der Waals surface area contributed by atoms with E-state index in [1.165, 1.54) is 6.39 Å². The summed E-state index contributed by atoms with van der Waals surface area (Å²) in [6.45, 7) is 2.59. The molecule has 126 valence electrons. The zero-order valence-corrected chi connectivity index (χ0v) is 13.6. The summed E-state index contributed by atoms with van der Waals surface area (Å²) in [5.41, 5.74) is 3.14. The van der Waals surface area contributed by atoms with Crippen LogP contribution in [-0.2, 0) is 6.54 Å². The Hall–Kier alpha value is -3.28. The lowest BCUT2D eigenvalue weighted by atomic mass is 10.1. The van der Waals surface area contributed by atoms with Crippen LogP contribution in [-0.4, -0.2) is 17.7 Å². The maximum absolute atomic E-state index is 12.5. The van der Waals surface area contributed by atoms with Crippen LogP contribution in [0.25, 0.3) is 11.3 Å². The fourth-order valence-corrected chi connectivity index (χ4v) is 2.63. The molecule has 25 heavy (non-hydrogen) atoms. The number of ether oxygens (including phenoxy) is 2. The Morgan fingerprint density at radius 3 is 2.76 bits per heavy atom. The third kappa shape index (κ3) is 3.06. The van der Waals surface area contributed by atoms with Gasteiger partial charge in [0.1, 0.15) is 0 Å². The molecule has 0 unspecified atom stereocenters. The molecule has 1 N–H and O–H groups in total. The number of aromatic nitrogens is 1. The molecule has 2 aromatic carbocycles. The summed E-state index contributed by atoms with van der Waals surface area (Å²) in [6.07, 6.45) is 1.28. The van der Waals surface area contributed by atoms with Gasteiger partial charge in [0.2, 0.25) is 6.79 Å². The minimum absolute atomic E-state index is 0.226. The van der Waals surface area contributed by atoms with Crippen molar-refractivity contribution in [2.24, 2.45) is 0 Å². The van der Waals surface area contributed by atoms with Gasteiger partial charge >= 0.3 is 0 Å². The molecule has 6 heteroatoms. The summed E-state index contributed by atoms with van der Waals surface area (Å²) in [7, 11) is 0. The van der Waals surface area contributed by atoms with Crippen LogP contribution < -0.4 is 14.8 Å². The molecule has 2 heterocycles. The number of carbonyl (C=O) groups is 1. The third-order valence-electron chi connectivity index (χ3n) is 3.99. The van der Waals surface area contributed by atoms with E-state index in [2.05, 4.69) is 10.3 Å². The molecule has 0 atom stereocenters. The summed E-state index contributed by atoms with van der Waals surface area (Å²) in [5.74, 6) is 1.58. The Bertz CT molecular complexity index is 915. The number of rotatable bonds is 4. The number of benzene rings is 2. The Balaban J connectivity index is 1.49. The van der Waals surface area contributed by atoms with Gasteiger partial charge in [0.25, 0.3) is 5.91 Å². The first-order chi connectivity index (χ1) is 12.2. The van der Waals surface area contributed by atoms with Gasteiger partial charge in [-0.2, -0.15) is 0 Å². The summed E-state index contributed by atoms with van der Waals surface area (Å²) in [4.78, 5) is 16.5. The van der Waals surface area contributed by atoms with Gasteiger partial charge in [-0.3, -0.25) is 4.79 Å². The van der Waals surface area contributed by atoms with E-state index in [1.54, 1.807) is 0 Å². The highest BCUT2D eigenvalue weighted by Gasteiger charge is 2.19. The number of oxazole rings is 1. The normalized spacial score (nSPS) is 12.2. The molecule has 0 fully saturated rings. The zero-order valence-electron chi connectivity index (χ0n) is 13.6. The van der Waals surface area contributed by atoms with Crippen molar-refractivity contribution in [1.82, 2.24) is 10.3 Å². The van der Waals surface area contributed by atoms with Crippen molar-refractivity contribution >= 4 is 5.91 Å². The van der Waals surface area contributed by atoms with E-state index in [0.717, 1.165) is 16.7 Å². The molecule has 6 nitrogen and oxygen atoms in total. The van der Waals surface area contributed by atoms with Crippen LogP contribution in [0.4, 0.5) is 0 Å². The van der Waals surface area contributed by atoms with Gasteiger partial charge in [-0.1, -0.05) is 35.9 Å². The largest absolute Gasteiger partial charge is 0.454 e. The second-order valence-electron chi connectivity index (χ2n) is 5.77. The SMILES string of the molecule is Cc1ccc(-c2ocnc2C(=O)NCc2ccc3c(c2)OCO3)cc1. The van der Waals surface area contributed by atoms with Gasteiger partial charge in [-0.15, -0.1) is 0 Å². The second kappa shape index (κ2) is 6.32. The van der Waals surface area contributed by atoms with Crippen LogP contribution in [0.3, 0.4) is 0 Å². The lowest BCUT2D eigenvalue weighted by molar-refractivity contribution is 0.0946. The Kier molecular flexibility index (Phi) is 3.85. The van der Waals surface area contributed by atoms with Gasteiger partial charge in [-0.05, 0) is 24.6 Å². The molecule has 3 aromatic rings. The predicted octanol–water partition coefficient (Wildman–Crippen LogP) is 3.31. The monoisotopic (exact) mass is 336 g/mol. The molecule has 0 radical (unpaired) electrons. The lowest BCUT2D eigenvalue weighted by Gasteiger charge is -2.06. The lowest BCUT2D eigenvalue weighted by Crippen LogP contribution is -2.23. The molecule has 0 spiro atoms. The Morgan fingerprint density at radius 1 is 1.12 bits per heavy atom. The van der Waals surface area contributed by atoms with Crippen molar-refractivity contribution in [1.29, 1.82) is 0 Å². The van der Waals surface area contributed by atoms with Gasteiger partial charge in [0.05, 0.1) is 0 Å². The number of amides is 1.